The van der Waals surface area contributed by atoms with E-state index in [1.165, 1.54) is 12.8 Å². The first kappa shape index (κ1) is 27.1. The fraction of sp³-hybridized carbons (Fsp3) is 0.316. The maximum absolute atomic E-state index is 8.25. The third kappa shape index (κ3) is 10.3. The van der Waals surface area contributed by atoms with Crippen molar-refractivity contribution in [2.24, 2.45) is 5.73 Å². The van der Waals surface area contributed by atoms with E-state index in [2.05, 4.69) is 28.0 Å². The summed E-state index contributed by atoms with van der Waals surface area (Å²) < 4.78 is 0. The van der Waals surface area contributed by atoms with Crippen LogP contribution in [0.5, 0.6) is 0 Å². The second-order valence-corrected chi connectivity index (χ2v) is 7.48. The number of nitrogens with one attached hydrogen (secondary N) is 2. The van der Waals surface area contributed by atoms with Crippen LogP contribution in [-0.2, 0) is 0 Å². The van der Waals surface area contributed by atoms with Crippen molar-refractivity contribution in [1.82, 2.24) is 9.97 Å². The molecule has 1 unspecified atom stereocenters. The van der Waals surface area contributed by atoms with E-state index in [4.69, 9.17) is 36.4 Å². The number of rotatable bonds is 6. The molecule has 0 spiro atoms. The highest BCUT2D eigenvalue weighted by Gasteiger charge is 2.24. The van der Waals surface area contributed by atoms with Crippen molar-refractivity contribution in [2.75, 3.05) is 6.54 Å². The van der Waals surface area contributed by atoms with Gasteiger partial charge in [0, 0.05) is 28.7 Å². The minimum Gasteiger partial charge on any atom is -0.356 e. The fourth-order valence-electron chi connectivity index (χ4n) is 2.91. The number of quaternary nitrogens is 1. The molecule has 0 aliphatic carbocycles. The molecule has 1 atom stereocenters. The Labute approximate surface area is 193 Å². The number of hydrogen-bond donors (Lipinski definition) is 3. The van der Waals surface area contributed by atoms with Crippen LogP contribution in [0.3, 0.4) is 0 Å². The van der Waals surface area contributed by atoms with E-state index in [0.29, 0.717) is 5.96 Å². The number of benzene rings is 1. The average molecular weight is 480 g/mol. The molecule has 1 aromatic carbocycles. The van der Waals surface area contributed by atoms with E-state index < -0.39 is 10.2 Å². The summed E-state index contributed by atoms with van der Waals surface area (Å²) >= 11 is 1.63. The van der Waals surface area contributed by atoms with E-state index in [1.807, 2.05) is 42.8 Å². The average Bonchev–Trinajstić information content (AvgIpc) is 3.24. The Hall–Kier alpha value is -3.91. The van der Waals surface area contributed by atoms with E-state index in [9.17, 15) is 0 Å². The predicted molar refractivity (Wildman–Crippen MR) is 124 cm³/mol. The van der Waals surface area contributed by atoms with Gasteiger partial charge in [-0.3, -0.25) is 4.98 Å². The highest BCUT2D eigenvalue weighted by Crippen LogP contribution is 2.18. The minimum atomic E-state index is -1.75. The van der Waals surface area contributed by atoms with Crippen LogP contribution in [0.1, 0.15) is 31.9 Å². The first-order valence-electron chi connectivity index (χ1n) is 9.80. The zero-order chi connectivity index (χ0) is 24.8. The molecule has 0 radical (unpaired) electrons. The van der Waals surface area contributed by atoms with Crippen molar-refractivity contribution in [3.8, 4) is 0 Å². The standard InChI is InChI=1S/C19H23N5S.2NO3/c1-3-4-7-11-24(19-21-10-12-25-19)18(20)23-17-13-14(2)22-16-9-6-5-8-15(16)17;2*2-1(3)4/h5-6,8-10,12-13H,3-4,7,11H2,1-2H3,(H2,20,22,23);;/q;2*-1/p+2. The molecule has 4 N–H and O–H groups in total. The lowest BCUT2D eigenvalue weighted by Gasteiger charge is -2.10. The largest absolute Gasteiger partial charge is 0.450 e. The van der Waals surface area contributed by atoms with Crippen LogP contribution >= 0.6 is 11.3 Å². The monoisotopic (exact) mass is 479 g/mol. The SMILES string of the molecule is CCCCC[NH+](C(N)=[NH+]c1cc(C)nc2ccccc12)c1nccs1.O=[N+]([O-])[O-].O=[N+]([O-])[O-]. The first-order chi connectivity index (χ1) is 15.6. The first-order valence-corrected chi connectivity index (χ1v) is 10.7. The Balaban J connectivity index is 0.000000591. The maximum Gasteiger partial charge on any atom is 0.450 e. The number of para-hydroxylation sites is 1. The van der Waals surface area contributed by atoms with Crippen molar-refractivity contribution < 1.29 is 20.1 Å². The molecular formula is C19H25N7O6S. The van der Waals surface area contributed by atoms with Gasteiger partial charge in [-0.15, -0.1) is 0 Å². The maximum atomic E-state index is 8.25. The lowest BCUT2D eigenvalue weighted by Crippen LogP contribution is -3.17. The molecule has 0 saturated heterocycles. The van der Waals surface area contributed by atoms with Crippen molar-refractivity contribution in [3.05, 3.63) is 78.2 Å². The Kier molecular flexibility index (Phi) is 11.7. The number of nitrogens with zero attached hydrogens (tertiary/aromatic N) is 4. The van der Waals surface area contributed by atoms with E-state index in [1.54, 1.807) is 11.3 Å². The van der Waals surface area contributed by atoms with Crippen LogP contribution < -0.4 is 15.6 Å². The van der Waals surface area contributed by atoms with Crippen LogP contribution in [0.2, 0.25) is 0 Å². The molecule has 0 bridgehead atoms. The van der Waals surface area contributed by atoms with Gasteiger partial charge in [-0.1, -0.05) is 36.8 Å². The number of hydrogen-bond acceptors (Lipinski definition) is 9. The molecule has 0 saturated carbocycles. The number of pyridine rings is 1. The number of thiazole rings is 1. The molecule has 3 aromatic rings. The van der Waals surface area contributed by atoms with Gasteiger partial charge in [0.25, 0.3) is 5.13 Å². The van der Waals surface area contributed by atoms with Gasteiger partial charge in [0.05, 0.1) is 22.2 Å². The molecule has 0 aliphatic heterocycles. The third-order valence-corrected chi connectivity index (χ3v) is 4.99. The van der Waals surface area contributed by atoms with Gasteiger partial charge in [-0.25, -0.2) is 5.73 Å². The molecule has 13 nitrogen and oxygen atoms in total. The smallest absolute Gasteiger partial charge is 0.356 e. The summed E-state index contributed by atoms with van der Waals surface area (Å²) in [6, 6.07) is 10.2. The predicted octanol–water partition coefficient (Wildman–Crippen LogP) is 0.955. The Bertz CT molecular complexity index is 1040. The second-order valence-electron chi connectivity index (χ2n) is 6.59. The number of fused-ring (bicyclic) bond motifs is 1. The molecule has 2 heterocycles. The summed E-state index contributed by atoms with van der Waals surface area (Å²) in [7, 11) is 0. The van der Waals surface area contributed by atoms with Crippen LogP contribution in [-0.4, -0.2) is 32.6 Å². The summed E-state index contributed by atoms with van der Waals surface area (Å²) in [5, 5.41) is 33.6. The minimum absolute atomic E-state index is 0.682. The van der Waals surface area contributed by atoms with Gasteiger partial charge in [0.1, 0.15) is 5.69 Å². The van der Waals surface area contributed by atoms with Crippen molar-refractivity contribution >= 4 is 39.0 Å². The summed E-state index contributed by atoms with van der Waals surface area (Å²) in [5.41, 5.74) is 9.41. The van der Waals surface area contributed by atoms with Crippen LogP contribution in [0.25, 0.3) is 10.9 Å². The molecule has 178 valence electrons. The molecule has 3 rings (SSSR count). The van der Waals surface area contributed by atoms with Gasteiger partial charge in [-0.05, 0) is 31.9 Å². The molecule has 0 fully saturated rings. The van der Waals surface area contributed by atoms with Gasteiger partial charge in [0.2, 0.25) is 0 Å². The zero-order valence-corrected chi connectivity index (χ0v) is 18.9. The Morgan fingerprint density at radius 2 is 1.79 bits per heavy atom. The van der Waals surface area contributed by atoms with E-state index in [0.717, 1.165) is 45.3 Å². The summed E-state index contributed by atoms with van der Waals surface area (Å²) in [6.45, 7) is 5.14. The van der Waals surface area contributed by atoms with Crippen molar-refractivity contribution in [1.29, 1.82) is 0 Å². The number of nitrogens with two attached hydrogens (primary N) is 1. The second kappa shape index (κ2) is 14.2. The lowest BCUT2D eigenvalue weighted by atomic mass is 10.1. The molecule has 14 heteroatoms. The van der Waals surface area contributed by atoms with Gasteiger partial charge < -0.3 is 30.6 Å². The van der Waals surface area contributed by atoms with Gasteiger partial charge >= 0.3 is 5.96 Å². The fourth-order valence-corrected chi connectivity index (χ4v) is 3.64. The molecule has 0 aliphatic rings. The van der Waals surface area contributed by atoms with Crippen molar-refractivity contribution in [2.45, 2.75) is 33.1 Å². The van der Waals surface area contributed by atoms with Crippen LogP contribution in [0.15, 0.2) is 41.9 Å². The van der Waals surface area contributed by atoms with Crippen LogP contribution in [0.4, 0.5) is 10.8 Å². The highest BCUT2D eigenvalue weighted by atomic mass is 32.1. The molecule has 2 aromatic heterocycles. The molecule has 33 heavy (non-hydrogen) atoms. The quantitative estimate of drug-likeness (QED) is 0.151. The summed E-state index contributed by atoms with van der Waals surface area (Å²) in [5.74, 6) is 0.682. The summed E-state index contributed by atoms with van der Waals surface area (Å²) in [4.78, 5) is 30.1. The Morgan fingerprint density at radius 3 is 2.36 bits per heavy atom. The number of aryl methyl sites for hydroxylation is 1. The summed E-state index contributed by atoms with van der Waals surface area (Å²) in [6.07, 6.45) is 5.33. The number of aromatic nitrogens is 2. The molecule has 0 amide bonds. The van der Waals surface area contributed by atoms with E-state index in [-0.39, 0.29) is 0 Å². The third-order valence-electron chi connectivity index (χ3n) is 4.16. The van der Waals surface area contributed by atoms with E-state index >= 15 is 0 Å². The van der Waals surface area contributed by atoms with Gasteiger partial charge in [-0.2, -0.15) is 14.9 Å². The van der Waals surface area contributed by atoms with Gasteiger partial charge in [0.15, 0.2) is 0 Å². The zero-order valence-electron chi connectivity index (χ0n) is 18.1. The van der Waals surface area contributed by atoms with Crippen molar-refractivity contribution in [3.63, 3.8) is 0 Å². The highest BCUT2D eigenvalue weighted by molar-refractivity contribution is 7.12. The lowest BCUT2D eigenvalue weighted by molar-refractivity contribution is -0.759. The number of guanidine groups is 1. The molecular weight excluding hydrogens is 454 g/mol. The van der Waals surface area contributed by atoms with Crippen LogP contribution in [0, 0.1) is 37.6 Å². The Morgan fingerprint density at radius 1 is 1.15 bits per heavy atom. The number of unbranched alkanes of at least 4 members (excludes halogenated alkanes) is 2. The topological polar surface area (TPSA) is 203 Å². The normalized spacial score (nSPS) is 11.5.